The van der Waals surface area contributed by atoms with Gasteiger partial charge in [-0.25, -0.2) is 0 Å². The molecule has 0 saturated heterocycles. The fourth-order valence-corrected chi connectivity index (χ4v) is 2.62. The summed E-state index contributed by atoms with van der Waals surface area (Å²) in [6.07, 6.45) is -0.615. The van der Waals surface area contributed by atoms with E-state index in [0.717, 1.165) is 5.56 Å². The molecular formula is C20H23NO5. The molecule has 0 radical (unpaired) electrons. The first-order valence-corrected chi connectivity index (χ1v) is 8.56. The zero-order valence-electron chi connectivity index (χ0n) is 15.2. The van der Waals surface area contributed by atoms with Gasteiger partial charge in [0.15, 0.2) is 23.0 Å². The third kappa shape index (κ3) is 4.20. The van der Waals surface area contributed by atoms with E-state index in [1.54, 1.807) is 13.2 Å². The number of nitrogens with one attached hydrogen (secondary N) is 1. The molecule has 6 heteroatoms. The number of hydrogen-bond donors (Lipinski definition) is 1. The van der Waals surface area contributed by atoms with Crippen LogP contribution in [0.4, 0.5) is 0 Å². The molecule has 6 nitrogen and oxygen atoms in total. The molecule has 1 unspecified atom stereocenters. The zero-order valence-corrected chi connectivity index (χ0v) is 15.2. The summed E-state index contributed by atoms with van der Waals surface area (Å²) in [6.45, 7) is 4.46. The molecule has 2 aromatic carbocycles. The minimum atomic E-state index is -0.671. The average molecular weight is 357 g/mol. The predicted molar refractivity (Wildman–Crippen MR) is 97.0 cm³/mol. The van der Waals surface area contributed by atoms with Crippen molar-refractivity contribution < 1.29 is 23.7 Å². The lowest BCUT2D eigenvalue weighted by Crippen LogP contribution is -2.43. The van der Waals surface area contributed by atoms with Crippen molar-refractivity contribution in [3.8, 4) is 23.0 Å². The molecule has 1 aliphatic heterocycles. The first-order valence-electron chi connectivity index (χ1n) is 8.56. The van der Waals surface area contributed by atoms with Crippen LogP contribution in [0, 0.1) is 0 Å². The highest BCUT2D eigenvalue weighted by molar-refractivity contribution is 5.81. The predicted octanol–water partition coefficient (Wildman–Crippen LogP) is 2.94. The van der Waals surface area contributed by atoms with Crippen LogP contribution in [0.2, 0.25) is 0 Å². The molecule has 1 N–H and O–H groups in total. The lowest BCUT2D eigenvalue weighted by Gasteiger charge is -2.25. The Morgan fingerprint density at radius 2 is 1.96 bits per heavy atom. The molecule has 0 bridgehead atoms. The SMILES string of the molecule is COc1cc(CNC(=O)C2COc3ccccc3O2)ccc1OC(C)C. The maximum atomic E-state index is 12.4. The fourth-order valence-electron chi connectivity index (χ4n) is 2.62. The van der Waals surface area contributed by atoms with Gasteiger partial charge >= 0.3 is 0 Å². The van der Waals surface area contributed by atoms with Crippen molar-refractivity contribution >= 4 is 5.91 Å². The van der Waals surface area contributed by atoms with Crippen LogP contribution in [-0.2, 0) is 11.3 Å². The second-order valence-corrected chi connectivity index (χ2v) is 6.23. The smallest absolute Gasteiger partial charge is 0.264 e. The van der Waals surface area contributed by atoms with Crippen LogP contribution in [0.3, 0.4) is 0 Å². The van der Waals surface area contributed by atoms with Crippen molar-refractivity contribution in [2.75, 3.05) is 13.7 Å². The van der Waals surface area contributed by atoms with Gasteiger partial charge in [-0.2, -0.15) is 0 Å². The number of methoxy groups -OCH3 is 1. The Morgan fingerprint density at radius 1 is 1.19 bits per heavy atom. The van der Waals surface area contributed by atoms with Crippen molar-refractivity contribution in [2.45, 2.75) is 32.6 Å². The Bertz CT molecular complexity index is 775. The first kappa shape index (κ1) is 17.9. The van der Waals surface area contributed by atoms with Gasteiger partial charge in [-0.15, -0.1) is 0 Å². The molecule has 138 valence electrons. The molecule has 3 rings (SSSR count). The molecule has 1 atom stereocenters. The van der Waals surface area contributed by atoms with Crippen LogP contribution in [0.25, 0.3) is 0 Å². The normalized spacial score (nSPS) is 15.5. The van der Waals surface area contributed by atoms with Gasteiger partial charge in [0.1, 0.15) is 6.61 Å². The van der Waals surface area contributed by atoms with Crippen molar-refractivity contribution in [2.24, 2.45) is 0 Å². The molecule has 26 heavy (non-hydrogen) atoms. The second-order valence-electron chi connectivity index (χ2n) is 6.23. The number of carbonyl (C=O) groups is 1. The summed E-state index contributed by atoms with van der Waals surface area (Å²) in [7, 11) is 1.59. The number of rotatable bonds is 6. The molecule has 1 aliphatic rings. The fraction of sp³-hybridized carbons (Fsp3) is 0.350. The highest BCUT2D eigenvalue weighted by Gasteiger charge is 2.27. The summed E-state index contributed by atoms with van der Waals surface area (Å²) in [5.41, 5.74) is 0.906. The topological polar surface area (TPSA) is 66.0 Å². The van der Waals surface area contributed by atoms with Crippen LogP contribution in [0.1, 0.15) is 19.4 Å². The molecule has 0 saturated carbocycles. The summed E-state index contributed by atoms with van der Waals surface area (Å²) in [5, 5.41) is 2.87. The van der Waals surface area contributed by atoms with E-state index in [1.165, 1.54) is 0 Å². The Labute approximate surface area is 153 Å². The summed E-state index contributed by atoms with van der Waals surface area (Å²) in [5.74, 6) is 2.33. The Morgan fingerprint density at radius 3 is 2.69 bits per heavy atom. The van der Waals surface area contributed by atoms with Crippen molar-refractivity contribution in [3.63, 3.8) is 0 Å². The standard InChI is InChI=1S/C20H23NO5/c1-13(2)25-17-9-8-14(10-18(17)23-3)11-21-20(22)19-12-24-15-6-4-5-7-16(15)26-19/h4-10,13,19H,11-12H2,1-3H3,(H,21,22). The van der Waals surface area contributed by atoms with E-state index in [-0.39, 0.29) is 18.6 Å². The van der Waals surface area contributed by atoms with E-state index in [0.29, 0.717) is 29.5 Å². The van der Waals surface area contributed by atoms with Gasteiger partial charge in [-0.3, -0.25) is 4.79 Å². The molecule has 0 aliphatic carbocycles. The summed E-state index contributed by atoms with van der Waals surface area (Å²) in [4.78, 5) is 12.4. The summed E-state index contributed by atoms with van der Waals surface area (Å²) < 4.78 is 22.3. The Kier molecular flexibility index (Phi) is 5.51. The third-order valence-corrected chi connectivity index (χ3v) is 3.86. The minimum absolute atomic E-state index is 0.0563. The molecule has 2 aromatic rings. The van der Waals surface area contributed by atoms with Gasteiger partial charge in [0.25, 0.3) is 5.91 Å². The van der Waals surface area contributed by atoms with Crippen molar-refractivity contribution in [1.82, 2.24) is 5.32 Å². The molecule has 1 heterocycles. The van der Waals surface area contributed by atoms with Gasteiger partial charge in [0, 0.05) is 6.54 Å². The van der Waals surface area contributed by atoms with E-state index in [4.69, 9.17) is 18.9 Å². The summed E-state index contributed by atoms with van der Waals surface area (Å²) >= 11 is 0. The number of ether oxygens (including phenoxy) is 4. The van der Waals surface area contributed by atoms with Crippen LogP contribution in [0.5, 0.6) is 23.0 Å². The number of fused-ring (bicyclic) bond motifs is 1. The Hall–Kier alpha value is -2.89. The Balaban J connectivity index is 1.59. The van der Waals surface area contributed by atoms with E-state index in [9.17, 15) is 4.79 Å². The van der Waals surface area contributed by atoms with Gasteiger partial charge in [-0.05, 0) is 43.7 Å². The van der Waals surface area contributed by atoms with Gasteiger partial charge in [0.05, 0.1) is 13.2 Å². The van der Waals surface area contributed by atoms with Gasteiger partial charge in [0.2, 0.25) is 6.10 Å². The van der Waals surface area contributed by atoms with E-state index < -0.39 is 6.10 Å². The zero-order chi connectivity index (χ0) is 18.5. The quantitative estimate of drug-likeness (QED) is 0.861. The molecular weight excluding hydrogens is 334 g/mol. The van der Waals surface area contributed by atoms with Gasteiger partial charge < -0.3 is 24.3 Å². The van der Waals surface area contributed by atoms with Crippen molar-refractivity contribution in [3.05, 3.63) is 48.0 Å². The van der Waals surface area contributed by atoms with Gasteiger partial charge in [-0.1, -0.05) is 18.2 Å². The monoisotopic (exact) mass is 357 g/mol. The molecule has 0 fully saturated rings. The number of hydrogen-bond acceptors (Lipinski definition) is 5. The van der Waals surface area contributed by atoms with Crippen LogP contribution in [0.15, 0.2) is 42.5 Å². The largest absolute Gasteiger partial charge is 0.493 e. The minimum Gasteiger partial charge on any atom is -0.493 e. The lowest BCUT2D eigenvalue weighted by molar-refractivity contribution is -0.130. The summed E-state index contributed by atoms with van der Waals surface area (Å²) in [6, 6.07) is 12.9. The maximum absolute atomic E-state index is 12.4. The highest BCUT2D eigenvalue weighted by Crippen LogP contribution is 2.31. The van der Waals surface area contributed by atoms with Crippen molar-refractivity contribution in [1.29, 1.82) is 0 Å². The van der Waals surface area contributed by atoms with Crippen LogP contribution >= 0.6 is 0 Å². The lowest BCUT2D eigenvalue weighted by atomic mass is 10.2. The third-order valence-electron chi connectivity index (χ3n) is 3.86. The maximum Gasteiger partial charge on any atom is 0.264 e. The number of para-hydroxylation sites is 2. The average Bonchev–Trinajstić information content (AvgIpc) is 2.66. The van der Waals surface area contributed by atoms with E-state index in [2.05, 4.69) is 5.32 Å². The van der Waals surface area contributed by atoms with E-state index >= 15 is 0 Å². The molecule has 1 amide bonds. The second kappa shape index (κ2) is 7.99. The highest BCUT2D eigenvalue weighted by atomic mass is 16.6. The van der Waals surface area contributed by atoms with Crippen LogP contribution in [-0.4, -0.2) is 31.8 Å². The number of benzene rings is 2. The van der Waals surface area contributed by atoms with Crippen LogP contribution < -0.4 is 24.3 Å². The number of amides is 1. The van der Waals surface area contributed by atoms with E-state index in [1.807, 2.05) is 50.2 Å². The molecule has 0 spiro atoms. The number of carbonyl (C=O) groups excluding carboxylic acids is 1. The first-order chi connectivity index (χ1) is 12.6. The molecule has 0 aromatic heterocycles.